The molecule has 3 aromatic carbocycles. The number of aryl methyl sites for hydroxylation is 1. The van der Waals surface area contributed by atoms with Gasteiger partial charge in [0.2, 0.25) is 45.5 Å². The van der Waals surface area contributed by atoms with Crippen LogP contribution in [-0.4, -0.2) is 108 Å². The number of nitrogens with zero attached hydrogens (tertiary/aromatic N) is 2. The van der Waals surface area contributed by atoms with E-state index < -0.39 is 81.7 Å². The average molecular weight is 982 g/mol. The van der Waals surface area contributed by atoms with Crippen molar-refractivity contribution >= 4 is 62.3 Å². The third-order valence-corrected chi connectivity index (χ3v) is 12.9. The number of nitrogens with two attached hydrogens (primary N) is 3. The number of amides is 6. The fraction of sp³-hybridized carbons (Fsp3) is 0.375. The number of aromatic amines is 2. The summed E-state index contributed by atoms with van der Waals surface area (Å²) in [5.41, 5.74) is 20.3. The molecule has 0 aliphatic carbocycles. The van der Waals surface area contributed by atoms with Crippen molar-refractivity contribution in [1.29, 1.82) is 0 Å². The Labute approximate surface area is 406 Å². The molecule has 0 aliphatic heterocycles. The highest BCUT2D eigenvalue weighted by atomic mass is 32.2. The molecule has 0 saturated heterocycles. The van der Waals surface area contributed by atoms with Gasteiger partial charge in [0.05, 0.1) is 11.2 Å². The number of H-pyrrole nitrogens is 2. The van der Waals surface area contributed by atoms with Gasteiger partial charge in [-0.1, -0.05) is 86.0 Å². The van der Waals surface area contributed by atoms with Gasteiger partial charge in [0.1, 0.15) is 36.3 Å². The summed E-state index contributed by atoms with van der Waals surface area (Å²) < 4.78 is 29.1. The molecule has 2 heterocycles. The molecule has 0 aliphatic rings. The highest BCUT2D eigenvalue weighted by Gasteiger charge is 2.34. The normalized spacial score (nSPS) is 13.9. The fourth-order valence-corrected chi connectivity index (χ4v) is 8.75. The van der Waals surface area contributed by atoms with Crippen LogP contribution < -0.4 is 48.5 Å². The maximum absolute atomic E-state index is 14.4. The zero-order chi connectivity index (χ0) is 50.8. The number of guanidine groups is 1. The van der Waals surface area contributed by atoms with Gasteiger partial charge in [-0.3, -0.25) is 33.8 Å². The molecule has 14 N–H and O–H groups in total. The molecule has 0 saturated carbocycles. The van der Waals surface area contributed by atoms with E-state index in [4.69, 9.17) is 17.2 Å². The van der Waals surface area contributed by atoms with Crippen LogP contribution in [0.4, 0.5) is 0 Å². The molecule has 5 aromatic rings. The van der Waals surface area contributed by atoms with Crippen LogP contribution in [0.1, 0.15) is 68.3 Å². The number of unbranched alkanes of at least 4 members (excludes halogenated alkanes) is 1. The number of rotatable bonds is 27. The van der Waals surface area contributed by atoms with E-state index in [2.05, 4.69) is 51.3 Å². The van der Waals surface area contributed by atoms with Crippen molar-refractivity contribution in [3.05, 3.63) is 120 Å². The Balaban J connectivity index is 1.35. The number of benzene rings is 3. The monoisotopic (exact) mass is 981 g/mol. The Bertz CT molecular complexity index is 2690. The molecule has 5 rings (SSSR count). The SMILES string of the molecule is CCCC[C@H](NS(=O)(=O)c1ccc(C)cc1)C(=O)N[C@@H](C)C(=O)N[C@@H](Cc1cnc[nH]1)C(=O)N[C@H](Cc1ccccc1)C(=O)N[C@@H](CCCN=C(N)N)C(=O)N[C@@H](Cc1c[nH]c2ccccc12)C(N)=O. The number of carbonyl (C=O) groups is 6. The molecule has 0 bridgehead atoms. The summed E-state index contributed by atoms with van der Waals surface area (Å²) in [6, 6.07) is 14.7. The first-order valence-electron chi connectivity index (χ1n) is 23.0. The maximum atomic E-state index is 14.4. The maximum Gasteiger partial charge on any atom is 0.243 e. The second kappa shape index (κ2) is 25.7. The molecule has 6 atom stereocenters. The van der Waals surface area contributed by atoms with E-state index in [9.17, 15) is 37.2 Å². The quantitative estimate of drug-likeness (QED) is 0.0198. The van der Waals surface area contributed by atoms with Crippen LogP contribution in [0, 0.1) is 6.92 Å². The zero-order valence-corrected chi connectivity index (χ0v) is 40.2. The molecule has 22 heteroatoms. The number of aliphatic imine (C=N–C) groups is 1. The standard InChI is InChI=1S/C48H63N13O8S/c1-4-5-15-38(61-70(68,69)34-20-18-29(2)19-21-34)45(65)56-30(3)43(63)59-41(25-33-27-52-28-55-33)47(67)60-40(23-31-12-7-6-8-13-31)46(66)57-37(17-11-22-53-48(50)51)44(64)58-39(42(49)62)24-32-26-54-36-16-10-9-14-35(32)36/h6-10,12-14,16,18-21,26-28,30,37-41,54,61H,4-5,11,15,17,22-25H2,1-3H3,(H2,49,62)(H,52,55)(H,56,65)(H,57,66)(H,58,64)(H,59,63)(H,60,67)(H4,50,51,53)/t30-,37-,38-,39-,40+,41-/m0/s1. The van der Waals surface area contributed by atoms with E-state index in [1.165, 1.54) is 31.6 Å². The lowest BCUT2D eigenvalue weighted by atomic mass is 10.0. The lowest BCUT2D eigenvalue weighted by Crippen LogP contribution is -2.60. The molecule has 2 aromatic heterocycles. The Kier molecular flexibility index (Phi) is 19.6. The number of primary amides is 1. The van der Waals surface area contributed by atoms with Crippen molar-refractivity contribution in [2.75, 3.05) is 6.54 Å². The van der Waals surface area contributed by atoms with Crippen molar-refractivity contribution in [3.8, 4) is 0 Å². The summed E-state index contributed by atoms with van der Waals surface area (Å²) >= 11 is 0. The van der Waals surface area contributed by atoms with Gasteiger partial charge < -0.3 is 53.8 Å². The van der Waals surface area contributed by atoms with Gasteiger partial charge in [0.15, 0.2) is 5.96 Å². The number of nitrogens with one attached hydrogen (secondary N) is 8. The van der Waals surface area contributed by atoms with Crippen LogP contribution >= 0.6 is 0 Å². The number of carbonyl (C=O) groups excluding carboxylic acids is 6. The largest absolute Gasteiger partial charge is 0.370 e. The fourth-order valence-electron chi connectivity index (χ4n) is 7.52. The van der Waals surface area contributed by atoms with Gasteiger partial charge in [-0.05, 0) is 62.4 Å². The summed E-state index contributed by atoms with van der Waals surface area (Å²) in [7, 11) is -4.12. The van der Waals surface area contributed by atoms with Gasteiger partial charge in [-0.15, -0.1) is 0 Å². The minimum Gasteiger partial charge on any atom is -0.370 e. The minimum absolute atomic E-state index is 0.00768. The lowest BCUT2D eigenvalue weighted by Gasteiger charge is -2.27. The molecule has 374 valence electrons. The van der Waals surface area contributed by atoms with E-state index in [0.717, 1.165) is 22.0 Å². The topological polar surface area (TPSA) is 344 Å². The first-order chi connectivity index (χ1) is 33.4. The molecular weight excluding hydrogens is 919 g/mol. The molecular formula is C48H63N13O8S. The van der Waals surface area contributed by atoms with Crippen LogP contribution in [-0.2, 0) is 58.1 Å². The number of aromatic nitrogens is 3. The zero-order valence-electron chi connectivity index (χ0n) is 39.4. The van der Waals surface area contributed by atoms with Crippen molar-refractivity contribution in [2.45, 2.75) is 113 Å². The van der Waals surface area contributed by atoms with Crippen LogP contribution in [0.5, 0.6) is 0 Å². The summed E-state index contributed by atoms with van der Waals surface area (Å²) in [5, 5.41) is 14.3. The number of hydrogen-bond acceptors (Lipinski definition) is 10. The molecule has 0 spiro atoms. The number of fused-ring (bicyclic) bond motifs is 1. The summed E-state index contributed by atoms with van der Waals surface area (Å²) in [5.74, 6) is -4.83. The van der Waals surface area contributed by atoms with Gasteiger partial charge >= 0.3 is 0 Å². The molecule has 6 amide bonds. The lowest BCUT2D eigenvalue weighted by molar-refractivity contribution is -0.135. The van der Waals surface area contributed by atoms with Crippen molar-refractivity contribution < 1.29 is 37.2 Å². The smallest absolute Gasteiger partial charge is 0.243 e. The van der Waals surface area contributed by atoms with Gasteiger partial charge in [0, 0.05) is 54.8 Å². The average Bonchev–Trinajstić information content (AvgIpc) is 4.01. The third-order valence-electron chi connectivity index (χ3n) is 11.4. The second-order valence-electron chi connectivity index (χ2n) is 17.0. The molecule has 0 unspecified atom stereocenters. The van der Waals surface area contributed by atoms with Crippen LogP contribution in [0.15, 0.2) is 107 Å². The Morgan fingerprint density at radius 3 is 1.93 bits per heavy atom. The first-order valence-corrected chi connectivity index (χ1v) is 24.4. The number of sulfonamides is 1. The summed E-state index contributed by atoms with van der Waals surface area (Å²) in [6.07, 6.45) is 5.96. The Morgan fingerprint density at radius 2 is 1.27 bits per heavy atom. The second-order valence-corrected chi connectivity index (χ2v) is 18.7. The highest BCUT2D eigenvalue weighted by Crippen LogP contribution is 2.20. The van der Waals surface area contributed by atoms with Crippen LogP contribution in [0.2, 0.25) is 0 Å². The third kappa shape index (κ3) is 16.0. The van der Waals surface area contributed by atoms with Crippen molar-refractivity contribution in [2.24, 2.45) is 22.2 Å². The van der Waals surface area contributed by atoms with Gasteiger partial charge in [-0.25, -0.2) is 13.4 Å². The predicted octanol–water partition coefficient (Wildman–Crippen LogP) is 0.747. The van der Waals surface area contributed by atoms with Crippen LogP contribution in [0.25, 0.3) is 10.9 Å². The van der Waals surface area contributed by atoms with Gasteiger partial charge in [-0.2, -0.15) is 4.72 Å². The number of imidazole rings is 1. The van der Waals surface area contributed by atoms with Crippen molar-refractivity contribution in [3.63, 3.8) is 0 Å². The predicted molar refractivity (Wildman–Crippen MR) is 264 cm³/mol. The van der Waals surface area contributed by atoms with E-state index in [1.807, 2.05) is 38.1 Å². The van der Waals surface area contributed by atoms with E-state index >= 15 is 0 Å². The van der Waals surface area contributed by atoms with E-state index in [0.29, 0.717) is 24.1 Å². The van der Waals surface area contributed by atoms with Crippen LogP contribution in [0.3, 0.4) is 0 Å². The molecule has 0 fully saturated rings. The Morgan fingerprint density at radius 1 is 0.671 bits per heavy atom. The molecule has 70 heavy (non-hydrogen) atoms. The Hall–Kier alpha value is -7.59. The highest BCUT2D eigenvalue weighted by molar-refractivity contribution is 7.89. The van der Waals surface area contributed by atoms with Crippen molar-refractivity contribution in [1.82, 2.24) is 46.3 Å². The summed E-state index contributed by atoms with van der Waals surface area (Å²) in [4.78, 5) is 97.1. The van der Waals surface area contributed by atoms with E-state index in [-0.39, 0.29) is 55.9 Å². The number of para-hydroxylation sites is 1. The summed E-state index contributed by atoms with van der Waals surface area (Å²) in [6.45, 7) is 5.20. The minimum atomic E-state index is -4.12. The number of hydrogen-bond donors (Lipinski definition) is 11. The van der Waals surface area contributed by atoms with E-state index in [1.54, 1.807) is 48.7 Å². The first kappa shape index (κ1) is 53.4. The molecule has 21 nitrogen and oxygen atoms in total. The van der Waals surface area contributed by atoms with Gasteiger partial charge in [0.25, 0.3) is 0 Å². The molecule has 0 radical (unpaired) electrons.